The van der Waals surface area contributed by atoms with Crippen molar-refractivity contribution < 1.29 is 62.0 Å². The number of aryl methyl sites for hydroxylation is 1. The lowest BCUT2D eigenvalue weighted by atomic mass is 10.7. The van der Waals surface area contributed by atoms with Crippen LogP contribution >= 0.6 is 0 Å². The van der Waals surface area contributed by atoms with Crippen LogP contribution in [0, 0.1) is 0 Å². The molecule has 0 aliphatic rings. The summed E-state index contributed by atoms with van der Waals surface area (Å²) in [7, 11) is -10.2. The zero-order chi connectivity index (χ0) is 22.4. The third-order valence-corrected chi connectivity index (χ3v) is 5.08. The molecule has 0 spiro atoms. The van der Waals surface area contributed by atoms with Gasteiger partial charge in [-0.3, -0.25) is 0 Å². The second-order valence-corrected chi connectivity index (χ2v) is 7.96. The molecule has 1 rings (SSSR count). The van der Waals surface area contributed by atoms with Gasteiger partial charge in [-0.05, 0) is 0 Å². The van der Waals surface area contributed by atoms with Gasteiger partial charge >= 0.3 is 17.2 Å². The van der Waals surface area contributed by atoms with Crippen molar-refractivity contribution in [2.75, 3.05) is 13.7 Å². The van der Waals surface area contributed by atoms with E-state index >= 15 is 0 Å². The fraction of sp³-hybridized carbons (Fsp3) is 0.600. The highest BCUT2D eigenvalue weighted by molar-refractivity contribution is 8.13. The number of nitrogens with zero attached hydrogens (tertiary/aromatic N) is 3. The van der Waals surface area contributed by atoms with E-state index in [1.54, 1.807) is 0 Å². The van der Waals surface area contributed by atoms with Gasteiger partial charge in [0.15, 0.2) is 20.0 Å². The Hall–Kier alpha value is -2.08. The van der Waals surface area contributed by atoms with Crippen molar-refractivity contribution >= 4 is 26.2 Å². The quantitative estimate of drug-likeness (QED) is 0.363. The Labute approximate surface area is 154 Å². The van der Waals surface area contributed by atoms with Crippen LogP contribution in [0.1, 0.15) is 0 Å². The van der Waals surface area contributed by atoms with Crippen LogP contribution in [0.15, 0.2) is 18.7 Å². The molecule has 28 heavy (non-hydrogen) atoms. The average molecular weight is 465 g/mol. The van der Waals surface area contributed by atoms with Gasteiger partial charge in [0.1, 0.15) is 25.5 Å². The van der Waals surface area contributed by atoms with Crippen LogP contribution < -0.4 is 4.57 Å². The smallest absolute Gasteiger partial charge is 0.438 e. The van der Waals surface area contributed by atoms with E-state index in [1.807, 2.05) is 34.9 Å². The van der Waals surface area contributed by atoms with Crippen molar-refractivity contribution in [3.8, 4) is 0 Å². The first-order chi connectivity index (χ1) is 12.4. The number of alkyl halides is 6. The van der Waals surface area contributed by atoms with E-state index in [1.165, 1.54) is 7.11 Å². The summed E-state index contributed by atoms with van der Waals surface area (Å²) in [5.74, 6) is 0. The van der Waals surface area contributed by atoms with Crippen molar-refractivity contribution in [2.24, 2.45) is 7.05 Å². The molecule has 0 N–H and O–H groups in total. The first-order valence-corrected chi connectivity index (χ1v) is 9.39. The summed E-state index contributed by atoms with van der Waals surface area (Å²) in [5.41, 5.74) is -12.4. The number of sulfonamides is 2. The Morgan fingerprint density at radius 3 is 1.86 bits per heavy atom. The van der Waals surface area contributed by atoms with Crippen molar-refractivity contribution in [3.63, 3.8) is 0 Å². The molecule has 0 bridgehead atoms. The molecule has 0 amide bonds. The summed E-state index contributed by atoms with van der Waals surface area (Å²) in [5, 5.41) is 0. The molecule has 0 atom stereocenters. The first kappa shape index (κ1) is 25.9. The summed E-state index contributed by atoms with van der Waals surface area (Å²) in [6.07, 6.45) is 5.08. The van der Waals surface area contributed by atoms with Crippen LogP contribution in [0.4, 0.5) is 31.1 Å². The number of halogens is 6. The number of imidazole rings is 1. The Morgan fingerprint density at radius 1 is 1.07 bits per heavy atom. The van der Waals surface area contributed by atoms with Gasteiger partial charge in [0.05, 0.1) is 14.2 Å². The van der Waals surface area contributed by atoms with E-state index in [9.17, 15) is 48.0 Å². The molecule has 0 fully saturated rings. The molecule has 0 saturated carbocycles. The molecular formula is C10H13F6N3O7S2. The summed E-state index contributed by atoms with van der Waals surface area (Å²) >= 11 is 0. The minimum absolute atomic E-state index is 0.321. The Morgan fingerprint density at radius 2 is 1.54 bits per heavy atom. The van der Waals surface area contributed by atoms with Crippen molar-refractivity contribution in [1.29, 1.82) is 0 Å². The van der Waals surface area contributed by atoms with Crippen molar-refractivity contribution in [2.45, 2.75) is 17.6 Å². The minimum Gasteiger partial charge on any atom is -0.438 e. The predicted octanol–water partition coefficient (Wildman–Crippen LogP) is 1.15. The number of carbonyl (C=O) groups excluding carboxylic acids is 1. The monoisotopic (exact) mass is 465 g/mol. The molecule has 1 aromatic heterocycles. The number of carbonyl (C=O) groups is 1. The molecule has 18 heteroatoms. The maximum atomic E-state index is 11.4. The fourth-order valence-electron chi connectivity index (χ4n) is 1.14. The lowest BCUT2D eigenvalue weighted by Crippen LogP contribution is -2.30. The number of rotatable bonds is 5. The summed E-state index contributed by atoms with van der Waals surface area (Å²) in [6, 6.07) is 0. The summed E-state index contributed by atoms with van der Waals surface area (Å²) in [6.45, 7) is 0.956. The fourth-order valence-corrected chi connectivity index (χ4v) is 2.85. The summed E-state index contributed by atoms with van der Waals surface area (Å²) < 4.78 is 122. The molecule has 0 aliphatic heterocycles. The second kappa shape index (κ2) is 9.41. The van der Waals surface area contributed by atoms with E-state index in [4.69, 9.17) is 4.74 Å². The van der Waals surface area contributed by atoms with Gasteiger partial charge in [-0.15, -0.1) is 0 Å². The SMILES string of the molecule is COC(=O)OCCn1cc[n+](C)c1.O=S(=O)([N-]S(=O)(=O)C(F)(F)F)C(F)(F)F. The number of aromatic nitrogens is 2. The number of hydrogen-bond acceptors (Lipinski definition) is 7. The van der Waals surface area contributed by atoms with Gasteiger partial charge in [-0.1, -0.05) is 0 Å². The first-order valence-electron chi connectivity index (χ1n) is 6.51. The van der Waals surface area contributed by atoms with Crippen LogP contribution in [0.25, 0.3) is 4.13 Å². The van der Waals surface area contributed by atoms with E-state index in [2.05, 4.69) is 4.74 Å². The van der Waals surface area contributed by atoms with Crippen LogP contribution in [-0.4, -0.2) is 52.3 Å². The Bertz CT molecular complexity index is 819. The molecule has 0 aliphatic carbocycles. The molecule has 10 nitrogen and oxygen atoms in total. The largest absolute Gasteiger partial charge is 0.508 e. The molecular weight excluding hydrogens is 452 g/mol. The standard InChI is InChI=1S/C8H13N2O3.C2F6NO4S2/c1-9-3-4-10(7-9)5-6-13-8(11)12-2;3-1(4,5)14(10,11)9-15(12,13)2(6,7)8/h3-4,7H,5-6H2,1-2H3;/q+1;-1. The van der Waals surface area contributed by atoms with E-state index < -0.39 is 37.2 Å². The van der Waals surface area contributed by atoms with Crippen LogP contribution in [-0.2, 0) is 43.1 Å². The Balaban J connectivity index is 0.000000525. The summed E-state index contributed by atoms with van der Waals surface area (Å²) in [4.78, 5) is 10.5. The Kier molecular flexibility index (Phi) is 8.71. The number of ether oxygens (including phenoxy) is 2. The normalized spacial score (nSPS) is 12.7. The maximum Gasteiger partial charge on any atom is 0.508 e. The predicted molar refractivity (Wildman–Crippen MR) is 77.3 cm³/mol. The lowest BCUT2D eigenvalue weighted by Gasteiger charge is -2.22. The molecule has 0 unspecified atom stereocenters. The van der Waals surface area contributed by atoms with E-state index in [0.29, 0.717) is 13.2 Å². The molecule has 164 valence electrons. The van der Waals surface area contributed by atoms with E-state index in [0.717, 1.165) is 4.13 Å². The topological polar surface area (TPSA) is 127 Å². The van der Waals surface area contributed by atoms with Crippen LogP contribution in [0.5, 0.6) is 0 Å². The third-order valence-electron chi connectivity index (χ3n) is 2.34. The van der Waals surface area contributed by atoms with Crippen LogP contribution in [0.2, 0.25) is 0 Å². The van der Waals surface area contributed by atoms with Gasteiger partial charge in [0, 0.05) is 0 Å². The van der Waals surface area contributed by atoms with Crippen LogP contribution in [0.3, 0.4) is 0 Å². The lowest BCUT2D eigenvalue weighted by molar-refractivity contribution is -0.671. The zero-order valence-electron chi connectivity index (χ0n) is 13.9. The van der Waals surface area contributed by atoms with Gasteiger partial charge < -0.3 is 13.6 Å². The highest BCUT2D eigenvalue weighted by Gasteiger charge is 2.46. The molecule has 0 radical (unpaired) electrons. The van der Waals surface area contributed by atoms with Gasteiger partial charge in [0.25, 0.3) is 0 Å². The van der Waals surface area contributed by atoms with E-state index in [-0.39, 0.29) is 0 Å². The number of methoxy groups -OCH3 is 1. The second-order valence-electron chi connectivity index (χ2n) is 4.54. The highest BCUT2D eigenvalue weighted by atomic mass is 32.3. The zero-order valence-corrected chi connectivity index (χ0v) is 15.6. The molecule has 1 heterocycles. The molecule has 0 aromatic carbocycles. The number of hydrogen-bond donors (Lipinski definition) is 0. The van der Waals surface area contributed by atoms with Gasteiger partial charge in [0.2, 0.25) is 6.33 Å². The third kappa shape index (κ3) is 8.30. The maximum absolute atomic E-state index is 11.4. The molecule has 1 aromatic rings. The van der Waals surface area contributed by atoms with Crippen molar-refractivity contribution in [1.82, 2.24) is 4.57 Å². The average Bonchev–Trinajstić information content (AvgIpc) is 2.90. The van der Waals surface area contributed by atoms with Gasteiger partial charge in [-0.2, -0.15) is 26.3 Å². The highest BCUT2D eigenvalue weighted by Crippen LogP contribution is 2.36. The van der Waals surface area contributed by atoms with Crippen molar-refractivity contribution in [3.05, 3.63) is 22.8 Å². The molecule has 0 saturated heterocycles. The minimum atomic E-state index is -6.72. The van der Waals surface area contributed by atoms with Gasteiger partial charge in [-0.25, -0.2) is 30.8 Å².